The Morgan fingerprint density at radius 1 is 1.27 bits per heavy atom. The second-order valence-electron chi connectivity index (χ2n) is 7.71. The third-order valence-electron chi connectivity index (χ3n) is 5.59. The van der Waals surface area contributed by atoms with Crippen LogP contribution in [0, 0.1) is 0 Å². The van der Waals surface area contributed by atoms with Gasteiger partial charge in [0.15, 0.2) is 0 Å². The van der Waals surface area contributed by atoms with Crippen LogP contribution in [0.3, 0.4) is 0 Å². The van der Waals surface area contributed by atoms with Gasteiger partial charge in [0, 0.05) is 50.7 Å². The summed E-state index contributed by atoms with van der Waals surface area (Å²) in [6, 6.07) is 10.7. The molecule has 7 nitrogen and oxygen atoms in total. The van der Waals surface area contributed by atoms with E-state index >= 15 is 0 Å². The molecule has 0 spiro atoms. The maximum absolute atomic E-state index is 4.43. The van der Waals surface area contributed by atoms with E-state index in [1.165, 1.54) is 5.57 Å². The van der Waals surface area contributed by atoms with Crippen LogP contribution in [0.15, 0.2) is 63.6 Å². The summed E-state index contributed by atoms with van der Waals surface area (Å²) >= 11 is 0. The van der Waals surface area contributed by atoms with Gasteiger partial charge < -0.3 is 5.32 Å². The molecule has 0 bridgehead atoms. The van der Waals surface area contributed by atoms with Gasteiger partial charge in [-0.2, -0.15) is 10.2 Å². The molecule has 7 heteroatoms. The molecular weight excluding hydrogens is 374 g/mol. The average Bonchev–Trinajstić information content (AvgIpc) is 2.78. The van der Waals surface area contributed by atoms with Crippen LogP contribution >= 0.6 is 0 Å². The summed E-state index contributed by atoms with van der Waals surface area (Å²) in [4.78, 5) is 4.39. The Balaban J connectivity index is 1.99. The summed E-state index contributed by atoms with van der Waals surface area (Å²) in [5, 5.41) is 21.2. The van der Waals surface area contributed by atoms with Crippen molar-refractivity contribution in [1.82, 2.24) is 15.0 Å². The molecule has 162 valence electrons. The van der Waals surface area contributed by atoms with Gasteiger partial charge in [-0.3, -0.25) is 15.0 Å². The Morgan fingerprint density at radius 3 is 2.73 bits per heavy atom. The largest absolute Gasteiger partial charge is 0.378 e. The number of hydrazone groups is 1. The molecule has 1 N–H and O–H groups in total. The van der Waals surface area contributed by atoms with Gasteiger partial charge in [-0.1, -0.05) is 22.9 Å². The molecular formula is C23H35N7. The molecule has 1 aromatic heterocycles. The maximum Gasteiger partial charge on any atom is 0.0918 e. The van der Waals surface area contributed by atoms with E-state index in [-0.39, 0.29) is 18.1 Å². The first kappa shape index (κ1) is 23.3. The van der Waals surface area contributed by atoms with Crippen molar-refractivity contribution >= 4 is 23.3 Å². The highest BCUT2D eigenvalue weighted by Crippen LogP contribution is 2.20. The molecule has 1 heterocycles. The first-order chi connectivity index (χ1) is 14.3. The lowest BCUT2D eigenvalue weighted by atomic mass is 10.0. The Labute approximate surface area is 180 Å². The molecule has 2 unspecified atom stereocenters. The number of aromatic nitrogens is 1. The first-order valence-corrected chi connectivity index (χ1v) is 10.4. The predicted molar refractivity (Wildman–Crippen MR) is 127 cm³/mol. The van der Waals surface area contributed by atoms with Gasteiger partial charge >= 0.3 is 0 Å². The van der Waals surface area contributed by atoms with E-state index in [9.17, 15) is 0 Å². The van der Waals surface area contributed by atoms with E-state index in [1.807, 2.05) is 38.3 Å². The topological polar surface area (TPSA) is 68.5 Å². The molecule has 1 aromatic carbocycles. The highest BCUT2D eigenvalue weighted by Gasteiger charge is 2.15. The number of nitrogens with one attached hydrogen (secondary N) is 1. The van der Waals surface area contributed by atoms with Gasteiger partial charge in [0.2, 0.25) is 0 Å². The minimum absolute atomic E-state index is 0.0281. The van der Waals surface area contributed by atoms with E-state index in [4.69, 9.17) is 0 Å². The van der Waals surface area contributed by atoms with Crippen molar-refractivity contribution < 1.29 is 0 Å². The van der Waals surface area contributed by atoms with Gasteiger partial charge in [0.25, 0.3) is 0 Å². The third-order valence-corrected chi connectivity index (χ3v) is 5.59. The van der Waals surface area contributed by atoms with E-state index in [0.717, 1.165) is 29.6 Å². The van der Waals surface area contributed by atoms with Crippen LogP contribution in [-0.2, 0) is 0 Å². The Kier molecular flexibility index (Phi) is 8.77. The number of nitrogens with zero attached hydrogens (tertiary/aromatic N) is 6. The van der Waals surface area contributed by atoms with Gasteiger partial charge in [-0.05, 0) is 58.4 Å². The van der Waals surface area contributed by atoms with Crippen LogP contribution in [0.4, 0.5) is 5.69 Å². The van der Waals surface area contributed by atoms with Crippen molar-refractivity contribution in [3.05, 3.63) is 48.2 Å². The number of hydrogen-bond acceptors (Lipinski definition) is 6. The normalized spacial score (nSPS) is 15.1. The molecule has 0 amide bonds. The highest BCUT2D eigenvalue weighted by atomic mass is 15.5. The van der Waals surface area contributed by atoms with E-state index in [2.05, 4.69) is 83.6 Å². The van der Waals surface area contributed by atoms with Crippen LogP contribution in [0.25, 0.3) is 10.9 Å². The molecule has 0 fully saturated rings. The summed E-state index contributed by atoms with van der Waals surface area (Å²) in [6.45, 7) is 12.7. The number of allylic oxidation sites excluding steroid dienone is 1. The van der Waals surface area contributed by atoms with Crippen molar-refractivity contribution in [3.63, 3.8) is 0 Å². The summed E-state index contributed by atoms with van der Waals surface area (Å²) in [5.74, 6) is 0. The standard InChI is InChI=1S/C23H35N7/c1-8-17(2)22(26-21-11-12-23-20(16-21)10-9-14-25-23)13-15-29(6)28-27-18(3)19(4)30(7)24-5/h8-12,14,16,18-19,22,26H,5,13,15H2,1-4,6-7H3/b17-8+,28-27-/t18-,19?,22?/m0/s1. The number of benzene rings is 1. The number of hydrogen-bond donors (Lipinski definition) is 1. The molecule has 0 aliphatic heterocycles. The second-order valence-corrected chi connectivity index (χ2v) is 7.71. The van der Waals surface area contributed by atoms with E-state index in [0.29, 0.717) is 0 Å². The number of rotatable bonds is 11. The number of fused-ring (bicyclic) bond motifs is 1. The van der Waals surface area contributed by atoms with Crippen LogP contribution in [0.1, 0.15) is 34.1 Å². The van der Waals surface area contributed by atoms with Crippen LogP contribution in [0.5, 0.6) is 0 Å². The average molecular weight is 410 g/mol. The maximum atomic E-state index is 4.43. The smallest absolute Gasteiger partial charge is 0.0918 e. The molecule has 30 heavy (non-hydrogen) atoms. The molecule has 0 aliphatic carbocycles. The van der Waals surface area contributed by atoms with Gasteiger partial charge in [-0.15, -0.1) is 0 Å². The summed E-state index contributed by atoms with van der Waals surface area (Å²) in [5.41, 5.74) is 3.39. The molecule has 3 atom stereocenters. The van der Waals surface area contributed by atoms with Crippen molar-refractivity contribution in [3.8, 4) is 0 Å². The Bertz CT molecular complexity index is 877. The summed E-state index contributed by atoms with van der Waals surface area (Å²) in [6.07, 6.45) is 4.89. The Morgan fingerprint density at radius 2 is 2.03 bits per heavy atom. The van der Waals surface area contributed by atoms with Crippen molar-refractivity contribution in [1.29, 1.82) is 0 Å². The summed E-state index contributed by atoms with van der Waals surface area (Å²) in [7, 11) is 3.85. The van der Waals surface area contributed by atoms with Gasteiger partial charge in [0.1, 0.15) is 0 Å². The van der Waals surface area contributed by atoms with Crippen molar-refractivity contribution in [2.24, 2.45) is 15.4 Å². The SMILES string of the molecule is C=NN(C)C(C)[C@H](C)/N=N\N(C)CCC(Nc1ccc2ncccc2c1)/C(C)=C/C. The third kappa shape index (κ3) is 6.54. The fourth-order valence-electron chi connectivity index (χ4n) is 3.05. The van der Waals surface area contributed by atoms with Crippen LogP contribution in [0.2, 0.25) is 0 Å². The Hall–Kier alpha value is -2.96. The van der Waals surface area contributed by atoms with E-state index < -0.39 is 0 Å². The number of likely N-dealkylation sites (N-methyl/N-ethyl adjacent to an activating group) is 1. The minimum atomic E-state index is 0.0281. The van der Waals surface area contributed by atoms with Gasteiger partial charge in [0.05, 0.1) is 17.6 Å². The predicted octanol–water partition coefficient (Wildman–Crippen LogP) is 5.00. The zero-order chi connectivity index (χ0) is 22.1. The van der Waals surface area contributed by atoms with Crippen LogP contribution in [-0.4, -0.2) is 60.5 Å². The quantitative estimate of drug-likeness (QED) is 0.246. The van der Waals surface area contributed by atoms with Crippen molar-refractivity contribution in [2.45, 2.75) is 52.2 Å². The van der Waals surface area contributed by atoms with E-state index in [1.54, 1.807) is 5.01 Å². The summed E-state index contributed by atoms with van der Waals surface area (Å²) < 4.78 is 0. The molecule has 2 aromatic rings. The fraction of sp³-hybridized carbons (Fsp3) is 0.478. The molecule has 0 saturated heterocycles. The second kappa shape index (κ2) is 11.3. The molecule has 2 rings (SSSR count). The molecule has 0 radical (unpaired) electrons. The molecule has 0 saturated carbocycles. The van der Waals surface area contributed by atoms with Gasteiger partial charge in [-0.25, -0.2) is 0 Å². The zero-order valence-corrected chi connectivity index (χ0v) is 19.1. The fourth-order valence-corrected chi connectivity index (χ4v) is 3.05. The lowest BCUT2D eigenvalue weighted by Gasteiger charge is -2.25. The highest BCUT2D eigenvalue weighted by molar-refractivity contribution is 5.82. The molecule has 0 aliphatic rings. The van der Waals surface area contributed by atoms with Crippen LogP contribution < -0.4 is 5.32 Å². The zero-order valence-electron chi connectivity index (χ0n) is 19.1. The monoisotopic (exact) mass is 409 g/mol. The first-order valence-electron chi connectivity index (χ1n) is 10.4. The minimum Gasteiger partial charge on any atom is -0.378 e. The lowest BCUT2D eigenvalue weighted by Crippen LogP contribution is -2.33. The number of anilines is 1. The number of pyridine rings is 1. The van der Waals surface area contributed by atoms with Crippen molar-refractivity contribution in [2.75, 3.05) is 26.0 Å². The lowest BCUT2D eigenvalue weighted by molar-refractivity contribution is 0.230.